The minimum Gasteiger partial charge on any atom is -0.373 e. The van der Waals surface area contributed by atoms with Gasteiger partial charge in [0.1, 0.15) is 5.82 Å². The molecule has 1 amide bonds. The van der Waals surface area contributed by atoms with Crippen molar-refractivity contribution < 1.29 is 19.1 Å². The quantitative estimate of drug-likeness (QED) is 0.832. The molecule has 0 saturated carbocycles. The number of Topliss-reactive ketones (excluding diaryl/α,β-unsaturated/α-hetero) is 1. The second-order valence-electron chi connectivity index (χ2n) is 6.10. The number of carbonyl (C=O) groups is 2. The highest BCUT2D eigenvalue weighted by Crippen LogP contribution is 2.30. The van der Waals surface area contributed by atoms with Crippen molar-refractivity contribution in [1.29, 1.82) is 0 Å². The van der Waals surface area contributed by atoms with Crippen LogP contribution in [0.15, 0.2) is 48.5 Å². The van der Waals surface area contributed by atoms with Crippen LogP contribution in [-0.4, -0.2) is 28.9 Å². The summed E-state index contributed by atoms with van der Waals surface area (Å²) in [5, 5.41) is 10.9. The first-order valence-corrected chi connectivity index (χ1v) is 8.35. The lowest BCUT2D eigenvalue weighted by atomic mass is 9.92. The van der Waals surface area contributed by atoms with Crippen molar-refractivity contribution in [2.75, 3.05) is 11.4 Å². The predicted octanol–water partition coefficient (Wildman–Crippen LogP) is 3.15. The average Bonchev–Trinajstić information content (AvgIpc) is 2.89. The molecule has 1 saturated heterocycles. The minimum atomic E-state index is -2.02. The zero-order chi connectivity index (χ0) is 18.0. The molecule has 0 spiro atoms. The van der Waals surface area contributed by atoms with Crippen molar-refractivity contribution in [3.05, 3.63) is 64.9 Å². The average molecular weight is 362 g/mol. The molecule has 130 valence electrons. The van der Waals surface area contributed by atoms with Gasteiger partial charge in [-0.2, -0.15) is 0 Å². The fourth-order valence-corrected chi connectivity index (χ4v) is 3.28. The van der Waals surface area contributed by atoms with Crippen molar-refractivity contribution in [2.45, 2.75) is 24.9 Å². The molecule has 0 bridgehead atoms. The van der Waals surface area contributed by atoms with Gasteiger partial charge in [-0.25, -0.2) is 4.39 Å². The van der Waals surface area contributed by atoms with Crippen LogP contribution in [0.25, 0.3) is 0 Å². The van der Waals surface area contributed by atoms with Crippen LogP contribution in [-0.2, 0) is 16.0 Å². The van der Waals surface area contributed by atoms with Crippen LogP contribution in [0, 0.1) is 5.82 Å². The van der Waals surface area contributed by atoms with Gasteiger partial charge in [-0.1, -0.05) is 29.8 Å². The number of amides is 1. The molecule has 1 aliphatic rings. The van der Waals surface area contributed by atoms with E-state index in [1.165, 1.54) is 17.0 Å². The van der Waals surface area contributed by atoms with Crippen LogP contribution in [0.1, 0.15) is 18.4 Å². The summed E-state index contributed by atoms with van der Waals surface area (Å²) in [6.45, 7) is 0.275. The number of anilines is 1. The van der Waals surface area contributed by atoms with Gasteiger partial charge in [-0.05, 0) is 42.3 Å². The molecule has 0 aliphatic carbocycles. The molecule has 1 fully saturated rings. The zero-order valence-electron chi connectivity index (χ0n) is 13.4. The second-order valence-corrected chi connectivity index (χ2v) is 6.54. The highest BCUT2D eigenvalue weighted by molar-refractivity contribution is 6.30. The van der Waals surface area contributed by atoms with Crippen molar-refractivity contribution >= 4 is 29.0 Å². The van der Waals surface area contributed by atoms with Crippen molar-refractivity contribution in [1.82, 2.24) is 0 Å². The van der Waals surface area contributed by atoms with Gasteiger partial charge in [0.05, 0.1) is 0 Å². The normalized spacial score (nSPS) is 20.1. The van der Waals surface area contributed by atoms with E-state index in [1.54, 1.807) is 30.3 Å². The number of aliphatic hydroxyl groups is 1. The molecule has 6 heteroatoms. The Kier molecular flexibility index (Phi) is 4.88. The first kappa shape index (κ1) is 17.6. The molecule has 0 unspecified atom stereocenters. The maximum atomic E-state index is 13.4. The maximum absolute atomic E-state index is 13.4. The number of hydrogen-bond acceptors (Lipinski definition) is 3. The molecule has 2 aromatic rings. The molecule has 0 radical (unpaired) electrons. The molecule has 1 aliphatic heterocycles. The molecule has 2 aromatic carbocycles. The van der Waals surface area contributed by atoms with Gasteiger partial charge in [0.15, 0.2) is 5.78 Å². The van der Waals surface area contributed by atoms with E-state index in [2.05, 4.69) is 0 Å². The lowest BCUT2D eigenvalue weighted by molar-refractivity contribution is -0.147. The van der Waals surface area contributed by atoms with Gasteiger partial charge in [0.2, 0.25) is 5.60 Å². The first-order chi connectivity index (χ1) is 11.9. The fourth-order valence-electron chi connectivity index (χ4n) is 3.04. The Bertz CT molecular complexity index is 791. The van der Waals surface area contributed by atoms with Gasteiger partial charge in [-0.3, -0.25) is 9.59 Å². The Morgan fingerprint density at radius 1 is 1.24 bits per heavy atom. The summed E-state index contributed by atoms with van der Waals surface area (Å²) in [7, 11) is 0. The molecule has 1 heterocycles. The molecule has 1 atom stereocenters. The Morgan fingerprint density at radius 3 is 2.64 bits per heavy atom. The second kappa shape index (κ2) is 6.94. The number of nitrogens with zero attached hydrogens (tertiary/aromatic N) is 1. The molecule has 1 N–H and O–H groups in total. The van der Waals surface area contributed by atoms with Crippen molar-refractivity contribution in [3.63, 3.8) is 0 Å². The molecule has 4 nitrogen and oxygen atoms in total. The monoisotopic (exact) mass is 361 g/mol. The van der Waals surface area contributed by atoms with Gasteiger partial charge < -0.3 is 10.0 Å². The van der Waals surface area contributed by atoms with E-state index in [0.29, 0.717) is 11.3 Å². The topological polar surface area (TPSA) is 57.6 Å². The van der Waals surface area contributed by atoms with Crippen LogP contribution in [0.4, 0.5) is 10.1 Å². The lowest BCUT2D eigenvalue weighted by Gasteiger charge is -2.21. The van der Waals surface area contributed by atoms with Crippen LogP contribution in [0.5, 0.6) is 0 Å². The molecular weight excluding hydrogens is 345 g/mol. The SMILES string of the molecule is O=C(CCc1cc(F)cc(Cl)c1)[C@@]1(O)CCN(c2ccccc2)C1=O. The van der Waals surface area contributed by atoms with Crippen molar-refractivity contribution in [2.24, 2.45) is 0 Å². The number of hydrogen-bond donors (Lipinski definition) is 1. The Labute approximate surface area is 149 Å². The summed E-state index contributed by atoms with van der Waals surface area (Å²) < 4.78 is 13.4. The van der Waals surface area contributed by atoms with E-state index < -0.39 is 23.1 Å². The highest BCUT2D eigenvalue weighted by atomic mass is 35.5. The number of ketones is 1. The summed E-state index contributed by atoms with van der Waals surface area (Å²) in [6.07, 6.45) is 0.186. The van der Waals surface area contributed by atoms with E-state index in [1.807, 2.05) is 6.07 Å². The third kappa shape index (κ3) is 3.57. The Balaban J connectivity index is 1.70. The van der Waals surface area contributed by atoms with Gasteiger partial charge >= 0.3 is 0 Å². The third-order valence-electron chi connectivity index (χ3n) is 4.39. The number of rotatable bonds is 5. The number of aryl methyl sites for hydroxylation is 1. The molecule has 3 rings (SSSR count). The van der Waals surface area contributed by atoms with Gasteiger partial charge in [0.25, 0.3) is 5.91 Å². The summed E-state index contributed by atoms with van der Waals surface area (Å²) in [5.74, 6) is -1.65. The lowest BCUT2D eigenvalue weighted by Crippen LogP contribution is -2.47. The maximum Gasteiger partial charge on any atom is 0.266 e. The number of benzene rings is 2. The standard InChI is InChI=1S/C19H17ClFNO3/c20-14-10-13(11-15(21)12-14)6-7-17(23)19(25)8-9-22(18(19)24)16-4-2-1-3-5-16/h1-5,10-12,25H,6-9H2/t19-/m0/s1. The smallest absolute Gasteiger partial charge is 0.266 e. The number of para-hydroxylation sites is 1. The highest BCUT2D eigenvalue weighted by Gasteiger charge is 2.50. The molecular formula is C19H17ClFNO3. The molecule has 0 aromatic heterocycles. The van der Waals surface area contributed by atoms with E-state index in [9.17, 15) is 19.1 Å². The van der Waals surface area contributed by atoms with E-state index in [0.717, 1.165) is 0 Å². The first-order valence-electron chi connectivity index (χ1n) is 7.98. The summed E-state index contributed by atoms with van der Waals surface area (Å²) in [6, 6.07) is 12.9. The fraction of sp³-hybridized carbons (Fsp3) is 0.263. The van der Waals surface area contributed by atoms with Crippen LogP contribution in [0.2, 0.25) is 5.02 Å². The summed E-state index contributed by atoms with van der Waals surface area (Å²) in [5.41, 5.74) is -0.826. The van der Waals surface area contributed by atoms with Crippen LogP contribution in [0.3, 0.4) is 0 Å². The third-order valence-corrected chi connectivity index (χ3v) is 4.61. The van der Waals surface area contributed by atoms with Crippen molar-refractivity contribution in [3.8, 4) is 0 Å². The van der Waals surface area contributed by atoms with E-state index >= 15 is 0 Å². The Hall–Kier alpha value is -2.24. The minimum absolute atomic E-state index is 0.0451. The van der Waals surface area contributed by atoms with E-state index in [4.69, 9.17) is 11.6 Å². The van der Waals surface area contributed by atoms with Crippen LogP contribution < -0.4 is 4.90 Å². The summed E-state index contributed by atoms with van der Waals surface area (Å²) >= 11 is 5.79. The van der Waals surface area contributed by atoms with Gasteiger partial charge in [-0.15, -0.1) is 0 Å². The largest absolute Gasteiger partial charge is 0.373 e. The number of carbonyl (C=O) groups excluding carboxylic acids is 2. The van der Waals surface area contributed by atoms with Crippen LogP contribution >= 0.6 is 11.6 Å². The van der Waals surface area contributed by atoms with E-state index in [-0.39, 0.29) is 30.8 Å². The summed E-state index contributed by atoms with van der Waals surface area (Å²) in [4.78, 5) is 26.4. The predicted molar refractivity (Wildman–Crippen MR) is 93.1 cm³/mol. The molecule has 25 heavy (non-hydrogen) atoms. The zero-order valence-corrected chi connectivity index (χ0v) is 14.2. The Morgan fingerprint density at radius 2 is 1.96 bits per heavy atom. The van der Waals surface area contributed by atoms with Gasteiger partial charge in [0, 0.05) is 30.1 Å². The number of halogens is 2.